The standard InChI is InChI=1S/C31H42O9.2C2H4O2.C2H6/c1-14(2)39-24-22-17(29(4)9-6-16(32)13-31(29,38)25(24)35)7-8-28(3)18(22)12-19-23(28)15(11-21(33)34)10-20-30(19,5)26(36)27(37)40-20;2*1-2(3)4;1-2/h10,15-19,22-24,26,32,36,38H,1,6-9,11-13H2,2-5H3,(H,33,34);2*1H3,(H,3,4);1-2H3/t15-,16+,17?,18?,19?,22?,23?,24?,26?,28?,29?,30?,31?;;;/m0.../s1. The molecule has 1 heterocycles. The van der Waals surface area contributed by atoms with E-state index in [0.717, 1.165) is 20.3 Å². The number of carbonyl (C=O) groups is 5. The lowest BCUT2D eigenvalue weighted by Gasteiger charge is -2.64. The van der Waals surface area contributed by atoms with E-state index in [-0.39, 0.29) is 42.4 Å². The van der Waals surface area contributed by atoms with Crippen LogP contribution in [0.5, 0.6) is 0 Å². The van der Waals surface area contributed by atoms with Crippen molar-refractivity contribution in [2.75, 3.05) is 0 Å². The molecule has 6 N–H and O–H groups in total. The Hall–Kier alpha value is -3.29. The van der Waals surface area contributed by atoms with E-state index in [1.165, 1.54) is 0 Å². The first-order valence-electron chi connectivity index (χ1n) is 17.6. The van der Waals surface area contributed by atoms with Gasteiger partial charge < -0.3 is 40.1 Å². The second-order valence-corrected chi connectivity index (χ2v) is 15.4. The number of hydrogen-bond acceptors (Lipinski definition) is 10. The Morgan fingerprint density at radius 1 is 0.940 bits per heavy atom. The Morgan fingerprint density at radius 3 is 2.02 bits per heavy atom. The SMILES string of the molecule is C=C(C)OC1C(=O)C2(O)C[C@H](O)CCC2(C)C2CCC3(C)C(CC4C3[C@H](CC(=O)O)C=C3OC(=O)C(O)C34C)C12.CC.CC(=O)O.CC(=O)O. The van der Waals surface area contributed by atoms with Crippen LogP contribution >= 0.6 is 0 Å². The molecule has 0 amide bonds. The van der Waals surface area contributed by atoms with Crippen molar-refractivity contribution in [2.45, 2.75) is 124 Å². The zero-order valence-electron chi connectivity index (χ0n) is 30.5. The fraction of sp³-hybridized carbons (Fsp3) is 0.757. The summed E-state index contributed by atoms with van der Waals surface area (Å²) in [7, 11) is 0. The van der Waals surface area contributed by atoms with Gasteiger partial charge in [-0.15, -0.1) is 0 Å². The van der Waals surface area contributed by atoms with Crippen LogP contribution in [0, 0.1) is 51.8 Å². The number of ether oxygens (including phenoxy) is 2. The second-order valence-electron chi connectivity index (χ2n) is 15.4. The first kappa shape index (κ1) is 41.1. The Balaban J connectivity index is 0.000000605. The van der Waals surface area contributed by atoms with E-state index in [1.54, 1.807) is 13.0 Å². The average Bonchev–Trinajstić information content (AvgIpc) is 3.43. The number of aliphatic hydroxyl groups excluding tert-OH is 2. The lowest BCUT2D eigenvalue weighted by molar-refractivity contribution is -0.235. The zero-order chi connectivity index (χ0) is 38.3. The van der Waals surface area contributed by atoms with E-state index in [2.05, 4.69) is 13.5 Å². The number of ketones is 1. The Morgan fingerprint density at radius 2 is 1.50 bits per heavy atom. The van der Waals surface area contributed by atoms with E-state index in [4.69, 9.17) is 29.3 Å². The number of esters is 1. The molecule has 13 atom stereocenters. The summed E-state index contributed by atoms with van der Waals surface area (Å²) >= 11 is 0. The quantitative estimate of drug-likeness (QED) is 0.178. The molecule has 5 aliphatic carbocycles. The van der Waals surface area contributed by atoms with Crippen molar-refractivity contribution in [3.05, 3.63) is 24.2 Å². The Bertz CT molecular complexity index is 1390. The maximum absolute atomic E-state index is 14.3. The molecule has 0 radical (unpaired) electrons. The summed E-state index contributed by atoms with van der Waals surface area (Å²) in [6.45, 7) is 17.8. The molecule has 6 rings (SSSR count). The minimum Gasteiger partial charge on any atom is -0.487 e. The van der Waals surface area contributed by atoms with Gasteiger partial charge in [0, 0.05) is 31.6 Å². The summed E-state index contributed by atoms with van der Waals surface area (Å²) in [5.41, 5.74) is -3.87. The monoisotopic (exact) mass is 708 g/mol. The fourth-order valence-corrected chi connectivity index (χ4v) is 10.8. The number of carboxylic acids is 3. The zero-order valence-corrected chi connectivity index (χ0v) is 30.5. The maximum Gasteiger partial charge on any atom is 0.341 e. The van der Waals surface area contributed by atoms with Crippen molar-refractivity contribution in [3.63, 3.8) is 0 Å². The van der Waals surface area contributed by atoms with Crippen molar-refractivity contribution < 1.29 is 64.1 Å². The average molecular weight is 709 g/mol. The summed E-state index contributed by atoms with van der Waals surface area (Å²) < 4.78 is 11.7. The summed E-state index contributed by atoms with van der Waals surface area (Å²) in [5, 5.41) is 58.3. The predicted octanol–water partition coefficient (Wildman–Crippen LogP) is 4.18. The van der Waals surface area contributed by atoms with Gasteiger partial charge >= 0.3 is 11.9 Å². The van der Waals surface area contributed by atoms with Crippen LogP contribution in [0.15, 0.2) is 24.2 Å². The number of Topliss-reactive ketones (excluding diaryl/α,β-unsaturated/α-hetero) is 1. The number of hydrogen-bond donors (Lipinski definition) is 6. The van der Waals surface area contributed by atoms with Gasteiger partial charge in [-0.3, -0.25) is 19.2 Å². The van der Waals surface area contributed by atoms with Crippen molar-refractivity contribution in [3.8, 4) is 0 Å². The number of aliphatic hydroxyl groups is 3. The van der Waals surface area contributed by atoms with Crippen molar-refractivity contribution in [1.82, 2.24) is 0 Å². The van der Waals surface area contributed by atoms with E-state index < -0.39 is 75.7 Å². The molecular weight excluding hydrogens is 652 g/mol. The first-order chi connectivity index (χ1) is 23.1. The normalized spacial score (nSPS) is 43.3. The van der Waals surface area contributed by atoms with E-state index >= 15 is 0 Å². The predicted molar refractivity (Wildman–Crippen MR) is 179 cm³/mol. The number of rotatable bonds is 4. The third-order valence-corrected chi connectivity index (χ3v) is 12.6. The van der Waals surface area contributed by atoms with Crippen LogP contribution in [-0.4, -0.2) is 84.2 Å². The fourth-order valence-electron chi connectivity index (χ4n) is 10.8. The number of aliphatic carboxylic acids is 3. The highest BCUT2D eigenvalue weighted by molar-refractivity contribution is 5.94. The molecule has 50 heavy (non-hydrogen) atoms. The van der Waals surface area contributed by atoms with Crippen LogP contribution in [0.25, 0.3) is 0 Å². The van der Waals surface area contributed by atoms with Crippen LogP contribution in [0.3, 0.4) is 0 Å². The third-order valence-electron chi connectivity index (χ3n) is 12.6. The number of allylic oxidation sites excluding steroid dienone is 2. The van der Waals surface area contributed by atoms with Gasteiger partial charge in [0.05, 0.1) is 23.7 Å². The molecule has 0 aromatic carbocycles. The molecule has 1 aliphatic heterocycles. The van der Waals surface area contributed by atoms with Crippen LogP contribution in [-0.2, 0) is 33.4 Å². The highest BCUT2D eigenvalue weighted by atomic mass is 16.6. The van der Waals surface area contributed by atoms with E-state index in [0.29, 0.717) is 37.2 Å². The molecule has 0 aromatic rings. The number of fused-ring (bicyclic) bond motifs is 9. The van der Waals surface area contributed by atoms with Gasteiger partial charge in [0.15, 0.2) is 12.2 Å². The molecule has 282 valence electrons. The molecule has 4 saturated carbocycles. The third kappa shape index (κ3) is 6.72. The Labute approximate surface area is 293 Å². The van der Waals surface area contributed by atoms with Gasteiger partial charge in [-0.25, -0.2) is 4.79 Å². The van der Waals surface area contributed by atoms with Gasteiger partial charge in [-0.05, 0) is 87.0 Å². The topological polar surface area (TPSA) is 225 Å². The van der Waals surface area contributed by atoms with Crippen LogP contribution < -0.4 is 0 Å². The van der Waals surface area contributed by atoms with Gasteiger partial charge in [0.25, 0.3) is 11.9 Å². The summed E-state index contributed by atoms with van der Waals surface area (Å²) in [6.07, 6.45) is 1.60. The maximum atomic E-state index is 14.3. The van der Waals surface area contributed by atoms with E-state index in [1.807, 2.05) is 27.7 Å². The van der Waals surface area contributed by atoms with Crippen molar-refractivity contribution in [2.24, 2.45) is 51.8 Å². The highest BCUT2D eigenvalue weighted by Gasteiger charge is 2.75. The van der Waals surface area contributed by atoms with Gasteiger partial charge in [-0.1, -0.05) is 34.3 Å². The van der Waals surface area contributed by atoms with Crippen LogP contribution in [0.2, 0.25) is 0 Å². The Kier molecular flexibility index (Phi) is 12.1. The molecule has 1 saturated heterocycles. The molecule has 11 unspecified atom stereocenters. The van der Waals surface area contributed by atoms with Crippen LogP contribution in [0.4, 0.5) is 0 Å². The van der Waals surface area contributed by atoms with Crippen molar-refractivity contribution in [1.29, 1.82) is 0 Å². The highest BCUT2D eigenvalue weighted by Crippen LogP contribution is 2.74. The lowest BCUT2D eigenvalue weighted by atomic mass is 9.41. The first-order valence-corrected chi connectivity index (χ1v) is 17.6. The van der Waals surface area contributed by atoms with E-state index in [9.17, 15) is 34.8 Å². The molecule has 13 nitrogen and oxygen atoms in total. The van der Waals surface area contributed by atoms with Gasteiger partial charge in [0.2, 0.25) is 5.78 Å². The minimum atomic E-state index is -1.72. The summed E-state index contributed by atoms with van der Waals surface area (Å²) in [6, 6.07) is 0. The molecule has 6 aliphatic rings. The molecule has 0 spiro atoms. The molecule has 13 heteroatoms. The molecule has 0 bridgehead atoms. The number of carboxylic acid groups (broad SMARTS) is 3. The largest absolute Gasteiger partial charge is 0.487 e. The molecule has 5 fully saturated rings. The lowest BCUT2D eigenvalue weighted by Crippen LogP contribution is -2.72. The molecular formula is C37H56O13. The molecule has 0 aromatic heterocycles. The second kappa shape index (κ2) is 14.7. The van der Waals surface area contributed by atoms with Crippen molar-refractivity contribution >= 4 is 29.7 Å². The summed E-state index contributed by atoms with van der Waals surface area (Å²) in [4.78, 5) is 56.9. The summed E-state index contributed by atoms with van der Waals surface area (Å²) in [5.74, 6) is -4.24. The smallest absolute Gasteiger partial charge is 0.341 e. The van der Waals surface area contributed by atoms with Gasteiger partial charge in [0.1, 0.15) is 11.4 Å². The number of carbonyl (C=O) groups excluding carboxylic acids is 2. The minimum absolute atomic E-state index is 0.0214. The van der Waals surface area contributed by atoms with Crippen LogP contribution in [0.1, 0.15) is 100 Å². The van der Waals surface area contributed by atoms with Gasteiger partial charge in [-0.2, -0.15) is 0 Å².